The lowest BCUT2D eigenvalue weighted by atomic mass is 10.1. The van der Waals surface area contributed by atoms with Crippen LogP contribution in [-0.4, -0.2) is 24.9 Å². The van der Waals surface area contributed by atoms with E-state index < -0.39 is 10.0 Å². The summed E-state index contributed by atoms with van der Waals surface area (Å²) in [5.41, 5.74) is 7.52. The van der Waals surface area contributed by atoms with Gasteiger partial charge >= 0.3 is 0 Å². The first-order valence-electron chi connectivity index (χ1n) is 6.25. The van der Waals surface area contributed by atoms with E-state index in [0.29, 0.717) is 23.2 Å². The van der Waals surface area contributed by atoms with E-state index in [2.05, 4.69) is 14.7 Å². The smallest absolute Gasteiger partial charge is 0.241 e. The van der Waals surface area contributed by atoms with Crippen molar-refractivity contribution in [2.45, 2.75) is 25.2 Å². The molecular weight excluding hydrogens is 276 g/mol. The van der Waals surface area contributed by atoms with Gasteiger partial charge in [-0.3, -0.25) is 0 Å². The first-order chi connectivity index (χ1) is 9.42. The SMILES string of the molecule is Cc1ccc(N)c(C)c1S(=O)(=O)NCCc1ncc[nH]1. The third kappa shape index (κ3) is 3.00. The Morgan fingerprint density at radius 1 is 1.35 bits per heavy atom. The van der Waals surface area contributed by atoms with E-state index in [4.69, 9.17) is 5.73 Å². The maximum Gasteiger partial charge on any atom is 0.241 e. The van der Waals surface area contributed by atoms with E-state index in [-0.39, 0.29) is 11.4 Å². The number of hydrogen-bond donors (Lipinski definition) is 3. The largest absolute Gasteiger partial charge is 0.398 e. The van der Waals surface area contributed by atoms with Crippen molar-refractivity contribution in [3.05, 3.63) is 41.5 Å². The Kier molecular flexibility index (Phi) is 4.10. The van der Waals surface area contributed by atoms with Crippen molar-refractivity contribution in [3.8, 4) is 0 Å². The van der Waals surface area contributed by atoms with Gasteiger partial charge in [-0.05, 0) is 31.0 Å². The van der Waals surface area contributed by atoms with Gasteiger partial charge in [-0.1, -0.05) is 6.07 Å². The van der Waals surface area contributed by atoms with E-state index in [9.17, 15) is 8.42 Å². The summed E-state index contributed by atoms with van der Waals surface area (Å²) in [6, 6.07) is 3.43. The van der Waals surface area contributed by atoms with Crippen LogP contribution >= 0.6 is 0 Å². The quantitative estimate of drug-likeness (QED) is 0.719. The number of hydrogen-bond acceptors (Lipinski definition) is 4. The minimum Gasteiger partial charge on any atom is -0.398 e. The van der Waals surface area contributed by atoms with Crippen molar-refractivity contribution in [2.75, 3.05) is 12.3 Å². The summed E-state index contributed by atoms with van der Waals surface area (Å²) in [5.74, 6) is 0.744. The second-order valence-electron chi connectivity index (χ2n) is 4.61. The van der Waals surface area contributed by atoms with E-state index in [1.165, 1.54) is 0 Å². The molecule has 0 atom stereocenters. The predicted octanol–water partition coefficient (Wildman–Crippen LogP) is 1.13. The van der Waals surface area contributed by atoms with Gasteiger partial charge in [0.15, 0.2) is 0 Å². The third-order valence-corrected chi connectivity index (χ3v) is 4.87. The number of aromatic amines is 1. The average molecular weight is 294 g/mol. The van der Waals surface area contributed by atoms with Crippen LogP contribution in [0.5, 0.6) is 0 Å². The normalized spacial score (nSPS) is 11.7. The van der Waals surface area contributed by atoms with Gasteiger partial charge in [0.05, 0.1) is 4.90 Å². The van der Waals surface area contributed by atoms with Crippen LogP contribution in [0.3, 0.4) is 0 Å². The van der Waals surface area contributed by atoms with Crippen molar-refractivity contribution in [1.29, 1.82) is 0 Å². The van der Waals surface area contributed by atoms with Crippen LogP contribution in [0.4, 0.5) is 5.69 Å². The Hall–Kier alpha value is -1.86. The Morgan fingerprint density at radius 3 is 2.75 bits per heavy atom. The lowest BCUT2D eigenvalue weighted by Gasteiger charge is -2.13. The molecule has 0 unspecified atom stereocenters. The van der Waals surface area contributed by atoms with Crippen LogP contribution in [0.2, 0.25) is 0 Å². The highest BCUT2D eigenvalue weighted by atomic mass is 32.2. The Balaban J connectivity index is 2.16. The lowest BCUT2D eigenvalue weighted by Crippen LogP contribution is -2.27. The molecular formula is C13H18N4O2S. The van der Waals surface area contributed by atoms with Gasteiger partial charge in [0.2, 0.25) is 10.0 Å². The summed E-state index contributed by atoms with van der Waals surface area (Å²) < 4.78 is 27.3. The highest BCUT2D eigenvalue weighted by Crippen LogP contribution is 2.24. The number of sulfonamides is 1. The Bertz CT molecular complexity index is 693. The number of imidazole rings is 1. The zero-order chi connectivity index (χ0) is 14.8. The van der Waals surface area contributed by atoms with Crippen molar-refractivity contribution in [2.24, 2.45) is 0 Å². The van der Waals surface area contributed by atoms with Crippen LogP contribution < -0.4 is 10.5 Å². The monoisotopic (exact) mass is 294 g/mol. The third-order valence-electron chi connectivity index (χ3n) is 3.12. The van der Waals surface area contributed by atoms with Gasteiger partial charge in [-0.25, -0.2) is 18.1 Å². The summed E-state index contributed by atoms with van der Waals surface area (Å²) in [5, 5.41) is 0. The molecule has 108 valence electrons. The topological polar surface area (TPSA) is 101 Å². The number of anilines is 1. The second-order valence-corrected chi connectivity index (χ2v) is 6.31. The Morgan fingerprint density at radius 2 is 2.10 bits per heavy atom. The average Bonchev–Trinajstić information content (AvgIpc) is 2.87. The van der Waals surface area contributed by atoms with Gasteiger partial charge in [0.1, 0.15) is 5.82 Å². The van der Waals surface area contributed by atoms with E-state index in [1.807, 2.05) is 0 Å². The molecule has 2 aromatic rings. The summed E-state index contributed by atoms with van der Waals surface area (Å²) in [7, 11) is -3.57. The van der Waals surface area contributed by atoms with Crippen LogP contribution in [0.25, 0.3) is 0 Å². The summed E-state index contributed by atoms with van der Waals surface area (Å²) >= 11 is 0. The molecule has 2 rings (SSSR count). The number of aromatic nitrogens is 2. The maximum atomic E-state index is 12.4. The first kappa shape index (κ1) is 14.5. The molecule has 20 heavy (non-hydrogen) atoms. The molecule has 0 spiro atoms. The molecule has 0 radical (unpaired) electrons. The van der Waals surface area contributed by atoms with Gasteiger partial charge in [-0.2, -0.15) is 0 Å². The van der Waals surface area contributed by atoms with Gasteiger partial charge in [0, 0.05) is 31.0 Å². The lowest BCUT2D eigenvalue weighted by molar-refractivity contribution is 0.579. The van der Waals surface area contributed by atoms with Crippen molar-refractivity contribution < 1.29 is 8.42 Å². The molecule has 0 aliphatic rings. The van der Waals surface area contributed by atoms with Crippen molar-refractivity contribution in [1.82, 2.24) is 14.7 Å². The Labute approximate surface area is 118 Å². The van der Waals surface area contributed by atoms with Crippen LogP contribution in [0.15, 0.2) is 29.4 Å². The highest BCUT2D eigenvalue weighted by molar-refractivity contribution is 7.89. The molecule has 1 heterocycles. The number of nitrogens with two attached hydrogens (primary N) is 1. The van der Waals surface area contributed by atoms with Crippen molar-refractivity contribution >= 4 is 15.7 Å². The summed E-state index contributed by atoms with van der Waals surface area (Å²) in [6.45, 7) is 3.75. The molecule has 1 aromatic carbocycles. The number of nitrogen functional groups attached to an aromatic ring is 1. The maximum absolute atomic E-state index is 12.4. The fourth-order valence-corrected chi connectivity index (χ4v) is 3.59. The highest BCUT2D eigenvalue weighted by Gasteiger charge is 2.20. The van der Waals surface area contributed by atoms with Gasteiger partial charge < -0.3 is 10.7 Å². The molecule has 0 aliphatic heterocycles. The van der Waals surface area contributed by atoms with Crippen LogP contribution in [0.1, 0.15) is 17.0 Å². The minimum absolute atomic E-state index is 0.261. The molecule has 0 fully saturated rings. The molecule has 1 aromatic heterocycles. The molecule has 0 saturated carbocycles. The van der Waals surface area contributed by atoms with Gasteiger partial charge in [-0.15, -0.1) is 0 Å². The van der Waals surface area contributed by atoms with Crippen LogP contribution in [0, 0.1) is 13.8 Å². The number of nitrogens with one attached hydrogen (secondary N) is 2. The second kappa shape index (κ2) is 5.64. The standard InChI is InChI=1S/C13H18N4O2S/c1-9-3-4-11(14)10(2)13(9)20(18,19)17-6-5-12-15-7-8-16-12/h3-4,7-8,17H,5-6,14H2,1-2H3,(H,15,16). The van der Waals surface area contributed by atoms with Gasteiger partial charge in [0.25, 0.3) is 0 Å². The number of benzene rings is 1. The first-order valence-corrected chi connectivity index (χ1v) is 7.74. The summed E-state index contributed by atoms with van der Waals surface area (Å²) in [6.07, 6.45) is 3.85. The number of aryl methyl sites for hydroxylation is 1. The van der Waals surface area contributed by atoms with Crippen molar-refractivity contribution in [3.63, 3.8) is 0 Å². The van der Waals surface area contributed by atoms with E-state index in [0.717, 1.165) is 5.82 Å². The zero-order valence-corrected chi connectivity index (χ0v) is 12.3. The summed E-state index contributed by atoms with van der Waals surface area (Å²) in [4.78, 5) is 7.24. The number of rotatable bonds is 5. The zero-order valence-electron chi connectivity index (χ0n) is 11.5. The van der Waals surface area contributed by atoms with E-state index in [1.54, 1.807) is 38.4 Å². The van der Waals surface area contributed by atoms with E-state index >= 15 is 0 Å². The number of H-pyrrole nitrogens is 1. The molecule has 0 amide bonds. The molecule has 0 bridgehead atoms. The molecule has 7 heteroatoms. The number of nitrogens with zero attached hydrogens (tertiary/aromatic N) is 1. The fourth-order valence-electron chi connectivity index (χ4n) is 2.07. The minimum atomic E-state index is -3.57. The molecule has 4 N–H and O–H groups in total. The predicted molar refractivity (Wildman–Crippen MR) is 77.8 cm³/mol. The fraction of sp³-hybridized carbons (Fsp3) is 0.308. The molecule has 0 saturated heterocycles. The molecule has 0 aliphatic carbocycles. The van der Waals surface area contributed by atoms with Crippen LogP contribution in [-0.2, 0) is 16.4 Å². The molecule has 6 nitrogen and oxygen atoms in total.